The average molecular weight is 412 g/mol. The van der Waals surface area contributed by atoms with E-state index >= 15 is 0 Å². The van der Waals surface area contributed by atoms with Gasteiger partial charge in [0.1, 0.15) is 23.7 Å². The van der Waals surface area contributed by atoms with Gasteiger partial charge in [0, 0.05) is 17.7 Å². The number of rotatable bonds is 5. The summed E-state index contributed by atoms with van der Waals surface area (Å²) in [6, 6.07) is 6.80. The molecule has 0 bridgehead atoms. The Hall–Kier alpha value is -2.81. The third-order valence-corrected chi connectivity index (χ3v) is 6.44. The highest BCUT2D eigenvalue weighted by Crippen LogP contribution is 2.28. The molecule has 1 aliphatic carbocycles. The maximum Gasteiger partial charge on any atom is 0.297 e. The topological polar surface area (TPSA) is 97.4 Å². The maximum absolute atomic E-state index is 12.9. The fourth-order valence-corrected chi connectivity index (χ4v) is 4.74. The van der Waals surface area contributed by atoms with Gasteiger partial charge in [-0.05, 0) is 30.9 Å². The van der Waals surface area contributed by atoms with E-state index in [-0.39, 0.29) is 23.9 Å². The minimum absolute atomic E-state index is 0.117. The van der Waals surface area contributed by atoms with Crippen molar-refractivity contribution in [3.05, 3.63) is 40.9 Å². The largest absolute Gasteiger partial charge is 0.448 e. The van der Waals surface area contributed by atoms with Crippen LogP contribution in [-0.4, -0.2) is 50.5 Å². The number of benzene rings is 1. The summed E-state index contributed by atoms with van der Waals surface area (Å²) in [7, 11) is 0. The first-order valence-corrected chi connectivity index (χ1v) is 10.8. The number of amides is 2. The summed E-state index contributed by atoms with van der Waals surface area (Å²) < 4.78 is 6.91. The molecule has 1 saturated carbocycles. The van der Waals surface area contributed by atoms with Gasteiger partial charge in [0.2, 0.25) is 17.4 Å². The summed E-state index contributed by atoms with van der Waals surface area (Å²) in [5, 5.41) is 3.71. The van der Waals surface area contributed by atoms with Crippen LogP contribution in [0.15, 0.2) is 39.8 Å². The first-order chi connectivity index (χ1) is 14.1. The molecule has 2 aliphatic rings. The van der Waals surface area contributed by atoms with Crippen LogP contribution in [0.25, 0.3) is 22.1 Å². The van der Waals surface area contributed by atoms with Crippen molar-refractivity contribution in [1.29, 1.82) is 0 Å². The van der Waals surface area contributed by atoms with Crippen molar-refractivity contribution >= 4 is 45.6 Å². The van der Waals surface area contributed by atoms with Gasteiger partial charge in [0.05, 0.1) is 12.2 Å². The van der Waals surface area contributed by atoms with Crippen LogP contribution in [0.5, 0.6) is 0 Å². The highest BCUT2D eigenvalue weighted by atomic mass is 32.2. The molecule has 1 saturated heterocycles. The number of hydrogen-bond donors (Lipinski definition) is 1. The Labute approximate surface area is 170 Å². The first-order valence-electron chi connectivity index (χ1n) is 9.63. The first kappa shape index (κ1) is 18.2. The number of carbonyl (C=O) groups is 2. The van der Waals surface area contributed by atoms with Crippen molar-refractivity contribution in [2.75, 3.05) is 18.2 Å². The zero-order valence-corrected chi connectivity index (χ0v) is 16.5. The fraction of sp³-hybridized carbons (Fsp3) is 0.400. The minimum atomic E-state index is -0.496. The number of nitrogens with one attached hydrogen (secondary N) is 1. The number of aromatic nitrogens is 2. The number of fused-ring (bicyclic) bond motifs is 3. The summed E-state index contributed by atoms with van der Waals surface area (Å²) in [6.07, 6.45) is 3.68. The van der Waals surface area contributed by atoms with E-state index in [1.54, 1.807) is 11.0 Å². The van der Waals surface area contributed by atoms with Crippen molar-refractivity contribution in [3.8, 4) is 0 Å². The molecule has 8 nitrogen and oxygen atoms in total. The molecule has 0 unspecified atom stereocenters. The zero-order chi connectivity index (χ0) is 20.0. The Morgan fingerprint density at radius 1 is 1.28 bits per heavy atom. The van der Waals surface area contributed by atoms with Crippen molar-refractivity contribution in [2.45, 2.75) is 25.4 Å². The van der Waals surface area contributed by atoms with Crippen LogP contribution in [0.2, 0.25) is 0 Å². The third-order valence-electron chi connectivity index (χ3n) is 5.42. The van der Waals surface area contributed by atoms with Gasteiger partial charge in [-0.25, -0.2) is 4.98 Å². The van der Waals surface area contributed by atoms with E-state index < -0.39 is 11.6 Å². The number of carbonyl (C=O) groups excluding carboxylic acids is 2. The Bertz CT molecular complexity index is 1170. The second-order valence-electron chi connectivity index (χ2n) is 7.52. The molecule has 1 aromatic carbocycles. The normalized spacial score (nSPS) is 19.2. The van der Waals surface area contributed by atoms with Gasteiger partial charge < -0.3 is 14.6 Å². The predicted octanol–water partition coefficient (Wildman–Crippen LogP) is 1.57. The summed E-state index contributed by atoms with van der Waals surface area (Å²) in [4.78, 5) is 44.0. The Kier molecular flexibility index (Phi) is 4.54. The molecule has 0 spiro atoms. The van der Waals surface area contributed by atoms with Crippen LogP contribution in [0.4, 0.5) is 0 Å². The fourth-order valence-electron chi connectivity index (χ4n) is 3.55. The summed E-state index contributed by atoms with van der Waals surface area (Å²) in [6.45, 7) is 0.500. The molecule has 0 radical (unpaired) electrons. The van der Waals surface area contributed by atoms with E-state index in [0.29, 0.717) is 35.2 Å². The minimum Gasteiger partial charge on any atom is -0.448 e. The molecule has 9 heteroatoms. The number of nitrogens with zero attached hydrogens (tertiary/aromatic N) is 3. The third kappa shape index (κ3) is 3.39. The molecule has 3 heterocycles. The van der Waals surface area contributed by atoms with E-state index in [1.165, 1.54) is 22.7 Å². The van der Waals surface area contributed by atoms with Crippen molar-refractivity contribution < 1.29 is 14.0 Å². The van der Waals surface area contributed by atoms with E-state index in [0.717, 1.165) is 18.2 Å². The number of furan rings is 1. The molecule has 2 aromatic heterocycles. The molecule has 1 atom stereocenters. The highest BCUT2D eigenvalue weighted by molar-refractivity contribution is 7.99. The van der Waals surface area contributed by atoms with Gasteiger partial charge in [-0.1, -0.05) is 12.1 Å². The van der Waals surface area contributed by atoms with E-state index in [1.807, 2.05) is 18.2 Å². The van der Waals surface area contributed by atoms with Gasteiger partial charge in [-0.2, -0.15) is 0 Å². The molecule has 150 valence electrons. The highest BCUT2D eigenvalue weighted by Gasteiger charge is 2.35. The lowest BCUT2D eigenvalue weighted by atomic mass is 10.2. The van der Waals surface area contributed by atoms with E-state index in [9.17, 15) is 14.4 Å². The monoisotopic (exact) mass is 412 g/mol. The van der Waals surface area contributed by atoms with Crippen LogP contribution in [0.1, 0.15) is 12.8 Å². The lowest BCUT2D eigenvalue weighted by Crippen LogP contribution is -2.49. The Balaban J connectivity index is 1.36. The molecule has 2 amide bonds. The smallest absolute Gasteiger partial charge is 0.297 e. The standard InChI is InChI=1S/C20H20N4O4S/c25-16(24-11-29-9-14(24)19(26)21-7-12-5-6-12)8-23-10-22-17-13-3-1-2-4-15(13)28-18(17)20(23)27/h1-4,10,12,14H,5-9,11H2,(H,21,26)/t14-/m1/s1. The summed E-state index contributed by atoms with van der Waals surface area (Å²) in [5.74, 6) is 1.19. The van der Waals surface area contributed by atoms with E-state index in [2.05, 4.69) is 10.3 Å². The van der Waals surface area contributed by atoms with Crippen molar-refractivity contribution in [2.24, 2.45) is 5.92 Å². The van der Waals surface area contributed by atoms with Gasteiger partial charge in [0.25, 0.3) is 5.56 Å². The van der Waals surface area contributed by atoms with Crippen LogP contribution in [-0.2, 0) is 16.1 Å². The molecular weight excluding hydrogens is 392 g/mol. The maximum atomic E-state index is 12.9. The molecular formula is C20H20N4O4S. The van der Waals surface area contributed by atoms with Gasteiger partial charge >= 0.3 is 0 Å². The zero-order valence-electron chi connectivity index (χ0n) is 15.7. The quantitative estimate of drug-likeness (QED) is 0.683. The summed E-state index contributed by atoms with van der Waals surface area (Å²) in [5.41, 5.74) is 0.806. The molecule has 2 fully saturated rings. The van der Waals surface area contributed by atoms with Gasteiger partial charge in [-0.3, -0.25) is 19.0 Å². The second-order valence-corrected chi connectivity index (χ2v) is 8.52. The molecule has 3 aromatic rings. The number of hydrogen-bond acceptors (Lipinski definition) is 6. The second kappa shape index (κ2) is 7.22. The van der Waals surface area contributed by atoms with Crippen molar-refractivity contribution in [1.82, 2.24) is 19.8 Å². The molecule has 1 aliphatic heterocycles. The number of thioether (sulfide) groups is 1. The van der Waals surface area contributed by atoms with Crippen LogP contribution in [0.3, 0.4) is 0 Å². The Morgan fingerprint density at radius 2 is 2.10 bits per heavy atom. The van der Waals surface area contributed by atoms with Gasteiger partial charge in [0.15, 0.2) is 0 Å². The average Bonchev–Trinajstić information content (AvgIpc) is 3.28. The predicted molar refractivity (Wildman–Crippen MR) is 109 cm³/mol. The SMILES string of the molecule is O=C(NCC1CC1)[C@H]1CSCN1C(=O)Cn1cnc2c(oc3ccccc32)c1=O. The van der Waals surface area contributed by atoms with Crippen LogP contribution >= 0.6 is 11.8 Å². The summed E-state index contributed by atoms with van der Waals surface area (Å²) >= 11 is 1.54. The Morgan fingerprint density at radius 3 is 2.93 bits per heavy atom. The van der Waals surface area contributed by atoms with Crippen molar-refractivity contribution in [3.63, 3.8) is 0 Å². The van der Waals surface area contributed by atoms with E-state index in [4.69, 9.17) is 4.42 Å². The molecule has 1 N–H and O–H groups in total. The van der Waals surface area contributed by atoms with Gasteiger partial charge in [-0.15, -0.1) is 11.8 Å². The lowest BCUT2D eigenvalue weighted by molar-refractivity contribution is -0.138. The molecule has 5 rings (SSSR count). The molecule has 29 heavy (non-hydrogen) atoms. The number of para-hydroxylation sites is 1. The van der Waals surface area contributed by atoms with Crippen LogP contribution < -0.4 is 10.9 Å². The van der Waals surface area contributed by atoms with Crippen LogP contribution in [0, 0.1) is 5.92 Å². The lowest BCUT2D eigenvalue weighted by Gasteiger charge is -2.23.